The summed E-state index contributed by atoms with van der Waals surface area (Å²) in [5, 5.41) is 19.3. The lowest BCUT2D eigenvalue weighted by Crippen LogP contribution is -2.06. The van der Waals surface area contributed by atoms with Crippen LogP contribution in [0, 0.1) is 32.1 Å². The van der Waals surface area contributed by atoms with Gasteiger partial charge in [0.25, 0.3) is 0 Å². The normalized spacial score (nSPS) is 11.2. The van der Waals surface area contributed by atoms with E-state index < -0.39 is 0 Å². The minimum atomic E-state index is 0.443. The largest absolute Gasteiger partial charge is 0.315 e. The van der Waals surface area contributed by atoms with Gasteiger partial charge in [0.05, 0.1) is 21.9 Å². The van der Waals surface area contributed by atoms with Crippen LogP contribution in [0.25, 0.3) is 26.9 Å². The molecule has 0 unspecified atom stereocenters. The summed E-state index contributed by atoms with van der Waals surface area (Å²) in [6, 6.07) is 14.8. The van der Waals surface area contributed by atoms with Gasteiger partial charge in [0.2, 0.25) is 0 Å². The third-order valence-electron chi connectivity index (χ3n) is 5.63. The molecule has 0 amide bonds. The number of nitrogens with one attached hydrogen (secondary N) is 1. The fourth-order valence-corrected chi connectivity index (χ4v) is 4.93. The Hall–Kier alpha value is -3.76. The van der Waals surface area contributed by atoms with Gasteiger partial charge < -0.3 is 5.32 Å². The van der Waals surface area contributed by atoms with Gasteiger partial charge in [-0.1, -0.05) is 36.0 Å². The molecule has 0 radical (unpaired) electrons. The molecule has 3 heterocycles. The van der Waals surface area contributed by atoms with Crippen molar-refractivity contribution in [3.8, 4) is 11.9 Å². The summed E-state index contributed by atoms with van der Waals surface area (Å²) >= 11 is 1.56. The average Bonchev–Trinajstić information content (AvgIpc) is 3.37. The molecule has 32 heavy (non-hydrogen) atoms. The Balaban J connectivity index is 1.62. The van der Waals surface area contributed by atoms with E-state index in [2.05, 4.69) is 68.4 Å². The summed E-state index contributed by atoms with van der Waals surface area (Å²) in [7, 11) is 0. The van der Waals surface area contributed by atoms with Crippen molar-refractivity contribution in [2.24, 2.45) is 0 Å². The molecule has 7 heteroatoms. The molecule has 5 aromatic rings. The molecule has 0 fully saturated rings. The zero-order chi connectivity index (χ0) is 22.4. The summed E-state index contributed by atoms with van der Waals surface area (Å²) in [6.45, 7) is 8.38. The number of thiazole rings is 1. The van der Waals surface area contributed by atoms with Crippen LogP contribution >= 0.6 is 11.3 Å². The summed E-state index contributed by atoms with van der Waals surface area (Å²) in [6.07, 6.45) is 2.54. The van der Waals surface area contributed by atoms with Crippen molar-refractivity contribution in [1.82, 2.24) is 19.7 Å². The molecular formula is C25H22N6S. The van der Waals surface area contributed by atoms with E-state index in [-0.39, 0.29) is 0 Å². The number of hydrogen-bond acceptors (Lipinski definition) is 6. The number of fused-ring (bicyclic) bond motifs is 2. The first-order chi connectivity index (χ1) is 15.5. The van der Waals surface area contributed by atoms with Gasteiger partial charge in [-0.3, -0.25) is 0 Å². The molecule has 158 valence electrons. The van der Waals surface area contributed by atoms with Crippen molar-refractivity contribution < 1.29 is 0 Å². The van der Waals surface area contributed by atoms with Gasteiger partial charge in [0.1, 0.15) is 11.6 Å². The molecule has 0 aliphatic carbocycles. The highest BCUT2D eigenvalue weighted by atomic mass is 32.1. The second kappa shape index (κ2) is 7.74. The second-order valence-corrected chi connectivity index (χ2v) is 9.04. The maximum atomic E-state index is 9.69. The fraction of sp³-hybridized carbons (Fsp3) is 0.200. The Labute approximate surface area is 190 Å². The third kappa shape index (κ3) is 3.39. The maximum absolute atomic E-state index is 9.69. The highest BCUT2D eigenvalue weighted by Gasteiger charge is 2.17. The van der Waals surface area contributed by atoms with Gasteiger partial charge in [-0.05, 0) is 68.1 Å². The van der Waals surface area contributed by atoms with Crippen LogP contribution in [-0.2, 0) is 6.42 Å². The first kappa shape index (κ1) is 20.2. The Morgan fingerprint density at radius 3 is 2.69 bits per heavy atom. The molecule has 1 N–H and O–H groups in total. The minimum absolute atomic E-state index is 0.443. The van der Waals surface area contributed by atoms with Crippen LogP contribution in [0.1, 0.15) is 34.7 Å². The predicted molar refractivity (Wildman–Crippen MR) is 130 cm³/mol. The highest BCUT2D eigenvalue weighted by molar-refractivity contribution is 7.22. The van der Waals surface area contributed by atoms with Crippen molar-refractivity contribution >= 4 is 43.4 Å². The smallest absolute Gasteiger partial charge is 0.189 e. The molecule has 2 aromatic carbocycles. The Morgan fingerprint density at radius 1 is 1.06 bits per heavy atom. The molecular weight excluding hydrogens is 416 g/mol. The molecule has 6 nitrogen and oxygen atoms in total. The van der Waals surface area contributed by atoms with Gasteiger partial charge in [-0.15, -0.1) is 0 Å². The van der Waals surface area contributed by atoms with Crippen molar-refractivity contribution in [3.05, 3.63) is 70.4 Å². The minimum Gasteiger partial charge on any atom is -0.315 e. The highest BCUT2D eigenvalue weighted by Crippen LogP contribution is 2.32. The molecule has 0 atom stereocenters. The lowest BCUT2D eigenvalue weighted by molar-refractivity contribution is 0.858. The van der Waals surface area contributed by atoms with Crippen molar-refractivity contribution in [3.63, 3.8) is 0 Å². The summed E-state index contributed by atoms with van der Waals surface area (Å²) < 4.78 is 2.80. The van der Waals surface area contributed by atoms with E-state index in [4.69, 9.17) is 9.97 Å². The van der Waals surface area contributed by atoms with Crippen molar-refractivity contribution in [1.29, 1.82) is 5.26 Å². The van der Waals surface area contributed by atoms with Gasteiger partial charge in [0, 0.05) is 5.39 Å². The van der Waals surface area contributed by atoms with Gasteiger partial charge in [-0.2, -0.15) is 15.0 Å². The number of pyridine rings is 1. The van der Waals surface area contributed by atoms with Crippen LogP contribution in [0.5, 0.6) is 0 Å². The lowest BCUT2D eigenvalue weighted by atomic mass is 10.0. The number of nitrogens with zero attached hydrogens (tertiary/aromatic N) is 5. The van der Waals surface area contributed by atoms with E-state index in [9.17, 15) is 5.26 Å². The number of hydrogen-bond donors (Lipinski definition) is 1. The van der Waals surface area contributed by atoms with E-state index in [0.717, 1.165) is 43.8 Å². The molecule has 0 saturated heterocycles. The quantitative estimate of drug-likeness (QED) is 0.365. The van der Waals surface area contributed by atoms with E-state index in [1.165, 1.54) is 11.1 Å². The van der Waals surface area contributed by atoms with Crippen molar-refractivity contribution in [2.45, 2.75) is 34.1 Å². The van der Waals surface area contributed by atoms with Gasteiger partial charge in [0.15, 0.2) is 16.8 Å². The number of aromatic nitrogens is 4. The maximum Gasteiger partial charge on any atom is 0.189 e. The van der Waals surface area contributed by atoms with E-state index in [1.807, 2.05) is 12.1 Å². The molecule has 0 spiro atoms. The number of anilines is 2. The van der Waals surface area contributed by atoms with Crippen LogP contribution < -0.4 is 5.32 Å². The van der Waals surface area contributed by atoms with Crippen LogP contribution in [0.2, 0.25) is 0 Å². The van der Waals surface area contributed by atoms with Crippen molar-refractivity contribution in [2.75, 3.05) is 5.32 Å². The molecule has 0 bridgehead atoms. The number of rotatable bonds is 4. The second-order valence-electron chi connectivity index (χ2n) is 8.01. The van der Waals surface area contributed by atoms with Crippen LogP contribution in [-0.4, -0.2) is 19.7 Å². The first-order valence-corrected chi connectivity index (χ1v) is 11.3. The van der Waals surface area contributed by atoms with E-state index in [1.54, 1.807) is 22.2 Å². The Bertz CT molecular complexity index is 1540. The lowest BCUT2D eigenvalue weighted by Gasteiger charge is -2.12. The van der Waals surface area contributed by atoms with Crippen LogP contribution in [0.3, 0.4) is 0 Å². The topological polar surface area (TPSA) is 79.4 Å². The molecule has 0 aliphatic rings. The van der Waals surface area contributed by atoms with Gasteiger partial charge >= 0.3 is 0 Å². The Kier molecular flexibility index (Phi) is 4.87. The molecule has 0 saturated carbocycles. The van der Waals surface area contributed by atoms with E-state index >= 15 is 0 Å². The molecule has 5 rings (SSSR count). The van der Waals surface area contributed by atoms with E-state index in [0.29, 0.717) is 17.2 Å². The number of nitriles is 1. The summed E-state index contributed by atoms with van der Waals surface area (Å²) in [5.74, 6) is 1.23. The van der Waals surface area contributed by atoms with Gasteiger partial charge in [-0.25, -0.2) is 9.97 Å². The standard InChI is InChI=1S/C25H22N6S/c1-5-17-6-7-20-21(11-17)32-25(28-20)30-24-18(12-26)13-27-31(24)22-10-15(3)19-9-14(2)8-16(4)23(19)29-22/h6-11,13H,5H2,1-4H3,(H,28,30). The fourth-order valence-electron chi connectivity index (χ4n) is 4.00. The number of benzene rings is 2. The Morgan fingerprint density at radius 2 is 1.91 bits per heavy atom. The predicted octanol–water partition coefficient (Wildman–Crippen LogP) is 6.13. The summed E-state index contributed by atoms with van der Waals surface area (Å²) in [5.41, 5.74) is 7.04. The molecule has 0 aliphatic heterocycles. The third-order valence-corrected chi connectivity index (χ3v) is 6.57. The molecule has 3 aromatic heterocycles. The first-order valence-electron chi connectivity index (χ1n) is 10.5. The zero-order valence-electron chi connectivity index (χ0n) is 18.4. The number of aryl methyl sites for hydroxylation is 4. The van der Waals surface area contributed by atoms with Crippen LogP contribution in [0.4, 0.5) is 10.9 Å². The monoisotopic (exact) mass is 438 g/mol. The van der Waals surface area contributed by atoms with Crippen LogP contribution in [0.15, 0.2) is 42.6 Å². The summed E-state index contributed by atoms with van der Waals surface area (Å²) in [4.78, 5) is 9.60. The zero-order valence-corrected chi connectivity index (χ0v) is 19.2. The average molecular weight is 439 g/mol. The SMILES string of the molecule is CCc1ccc2nc(Nc3c(C#N)cnn3-c3cc(C)c4cc(C)cc(C)c4n3)sc2c1.